The Morgan fingerprint density at radius 3 is 2.65 bits per heavy atom. The maximum Gasteiger partial charge on any atom is 0.310 e. The number of furan rings is 1. The summed E-state index contributed by atoms with van der Waals surface area (Å²) in [6.07, 6.45) is 1.72. The Kier molecular flexibility index (Phi) is 6.98. The van der Waals surface area contributed by atoms with Gasteiger partial charge in [-0.15, -0.1) is 0 Å². The minimum Gasteiger partial charge on any atom is -0.488 e. The van der Waals surface area contributed by atoms with Crippen molar-refractivity contribution in [1.82, 2.24) is 0 Å². The van der Waals surface area contributed by atoms with Crippen LogP contribution < -0.4 is 10.5 Å². The number of hydrogen-bond acceptors (Lipinski definition) is 5. The molecular weight excluding hydrogens is 433 g/mol. The number of nitrogens with two attached hydrogens (primary N) is 1. The van der Waals surface area contributed by atoms with Crippen molar-refractivity contribution in [2.45, 2.75) is 40.3 Å². The second kappa shape index (κ2) is 10.1. The van der Waals surface area contributed by atoms with Gasteiger partial charge in [-0.25, -0.2) is 4.39 Å². The van der Waals surface area contributed by atoms with Crippen molar-refractivity contribution in [3.8, 4) is 16.9 Å². The SMILES string of the molecule is CCOC(=O)Cc1ccc(C)c(C)c1OCc1cc(-c2cccc(CN)c2F)c2occc2c1. The highest BCUT2D eigenvalue weighted by Gasteiger charge is 2.17. The average Bonchev–Trinajstić information content (AvgIpc) is 3.30. The molecule has 0 aliphatic heterocycles. The van der Waals surface area contributed by atoms with E-state index in [4.69, 9.17) is 19.6 Å². The summed E-state index contributed by atoms with van der Waals surface area (Å²) in [5, 5.41) is 0.848. The van der Waals surface area contributed by atoms with Crippen LogP contribution in [0.25, 0.3) is 22.1 Å². The molecule has 0 aliphatic rings. The van der Waals surface area contributed by atoms with Crippen molar-refractivity contribution in [1.29, 1.82) is 0 Å². The van der Waals surface area contributed by atoms with E-state index in [9.17, 15) is 4.79 Å². The van der Waals surface area contributed by atoms with Crippen LogP contribution in [0.2, 0.25) is 0 Å². The molecule has 1 aromatic heterocycles. The van der Waals surface area contributed by atoms with Crippen LogP contribution in [0.4, 0.5) is 4.39 Å². The summed E-state index contributed by atoms with van der Waals surface area (Å²) in [5.41, 5.74) is 11.5. The molecule has 6 heteroatoms. The summed E-state index contributed by atoms with van der Waals surface area (Å²) < 4.78 is 32.2. The largest absolute Gasteiger partial charge is 0.488 e. The molecule has 0 bridgehead atoms. The zero-order valence-electron chi connectivity index (χ0n) is 19.6. The highest BCUT2D eigenvalue weighted by molar-refractivity contribution is 5.93. The first kappa shape index (κ1) is 23.5. The van der Waals surface area contributed by atoms with E-state index >= 15 is 4.39 Å². The second-order valence-corrected chi connectivity index (χ2v) is 8.23. The molecule has 34 heavy (non-hydrogen) atoms. The lowest BCUT2D eigenvalue weighted by Gasteiger charge is -2.17. The standard InChI is InChI=1S/C28H28FNO4/c1-4-32-25(31)14-20-9-8-17(2)18(3)27(20)34-16-19-12-21-10-11-33-28(21)24(13-19)23-7-5-6-22(15-30)26(23)29/h5-13H,4,14-16,30H2,1-3H3. The number of benzene rings is 3. The van der Waals surface area contributed by atoms with Crippen LogP contribution >= 0.6 is 0 Å². The van der Waals surface area contributed by atoms with Gasteiger partial charge in [0.1, 0.15) is 23.8 Å². The summed E-state index contributed by atoms with van der Waals surface area (Å²) in [6.45, 7) is 6.43. The minimum atomic E-state index is -0.355. The van der Waals surface area contributed by atoms with E-state index in [1.54, 1.807) is 31.4 Å². The predicted molar refractivity (Wildman–Crippen MR) is 130 cm³/mol. The van der Waals surface area contributed by atoms with Crippen LogP contribution in [0.1, 0.15) is 34.7 Å². The van der Waals surface area contributed by atoms with Crippen molar-refractivity contribution >= 4 is 16.9 Å². The predicted octanol–water partition coefficient (Wildman–Crippen LogP) is 6.00. The first-order chi connectivity index (χ1) is 16.4. The number of halogens is 1. The third-order valence-electron chi connectivity index (χ3n) is 5.98. The van der Waals surface area contributed by atoms with E-state index in [2.05, 4.69) is 0 Å². The van der Waals surface area contributed by atoms with E-state index < -0.39 is 0 Å². The minimum absolute atomic E-state index is 0.111. The topological polar surface area (TPSA) is 74.7 Å². The first-order valence-corrected chi connectivity index (χ1v) is 11.3. The van der Waals surface area contributed by atoms with Gasteiger partial charge in [-0.05, 0) is 55.7 Å². The van der Waals surface area contributed by atoms with Gasteiger partial charge in [0, 0.05) is 34.2 Å². The lowest BCUT2D eigenvalue weighted by molar-refractivity contribution is -0.142. The fourth-order valence-electron chi connectivity index (χ4n) is 4.08. The number of esters is 1. The van der Waals surface area contributed by atoms with E-state index in [1.807, 2.05) is 44.2 Å². The van der Waals surface area contributed by atoms with Crippen LogP contribution in [-0.4, -0.2) is 12.6 Å². The van der Waals surface area contributed by atoms with Crippen LogP contribution in [0.3, 0.4) is 0 Å². The third kappa shape index (κ3) is 4.68. The molecule has 1 heterocycles. The van der Waals surface area contributed by atoms with Crippen LogP contribution in [-0.2, 0) is 29.1 Å². The van der Waals surface area contributed by atoms with Gasteiger partial charge >= 0.3 is 5.97 Å². The molecule has 0 unspecified atom stereocenters. The van der Waals surface area contributed by atoms with Crippen molar-refractivity contribution < 1.29 is 23.1 Å². The van der Waals surface area contributed by atoms with Gasteiger partial charge in [0.25, 0.3) is 0 Å². The third-order valence-corrected chi connectivity index (χ3v) is 5.98. The second-order valence-electron chi connectivity index (χ2n) is 8.23. The maximum absolute atomic E-state index is 15.1. The van der Waals surface area contributed by atoms with Gasteiger partial charge in [0.2, 0.25) is 0 Å². The first-order valence-electron chi connectivity index (χ1n) is 11.3. The van der Waals surface area contributed by atoms with Gasteiger partial charge in [-0.1, -0.05) is 30.3 Å². The summed E-state index contributed by atoms with van der Waals surface area (Å²) in [6, 6.07) is 14.7. The average molecular weight is 462 g/mol. The van der Waals surface area contributed by atoms with E-state index in [1.165, 1.54) is 0 Å². The van der Waals surface area contributed by atoms with Crippen molar-refractivity contribution in [3.63, 3.8) is 0 Å². The highest BCUT2D eigenvalue weighted by Crippen LogP contribution is 2.35. The molecule has 0 amide bonds. The fourth-order valence-corrected chi connectivity index (χ4v) is 4.08. The maximum atomic E-state index is 15.1. The fraction of sp³-hybridized carbons (Fsp3) is 0.250. The highest BCUT2D eigenvalue weighted by atomic mass is 19.1. The molecule has 0 fully saturated rings. The molecule has 4 rings (SSSR count). The number of fused-ring (bicyclic) bond motifs is 1. The van der Waals surface area contributed by atoms with Crippen molar-refractivity contribution in [2.24, 2.45) is 5.73 Å². The summed E-state index contributed by atoms with van der Waals surface area (Å²) in [4.78, 5) is 12.1. The van der Waals surface area contributed by atoms with Gasteiger partial charge in [-0.2, -0.15) is 0 Å². The van der Waals surface area contributed by atoms with Gasteiger partial charge in [0.15, 0.2) is 0 Å². The van der Waals surface area contributed by atoms with Gasteiger partial charge in [-0.3, -0.25) is 4.79 Å². The zero-order chi connectivity index (χ0) is 24.2. The van der Waals surface area contributed by atoms with Gasteiger partial charge < -0.3 is 19.6 Å². The molecule has 0 spiro atoms. The number of aryl methyl sites for hydroxylation is 1. The normalized spacial score (nSPS) is 11.1. The number of carbonyl (C=O) groups excluding carboxylic acids is 1. The Labute approximate surface area is 198 Å². The summed E-state index contributed by atoms with van der Waals surface area (Å²) in [7, 11) is 0. The number of rotatable bonds is 8. The van der Waals surface area contributed by atoms with Crippen LogP contribution in [0.15, 0.2) is 59.2 Å². The molecule has 4 aromatic rings. The lowest BCUT2D eigenvalue weighted by Crippen LogP contribution is -2.10. The Balaban J connectivity index is 1.70. The Hall–Kier alpha value is -3.64. The lowest BCUT2D eigenvalue weighted by atomic mass is 9.98. The van der Waals surface area contributed by atoms with Crippen molar-refractivity contribution in [2.75, 3.05) is 6.61 Å². The molecule has 176 valence electrons. The molecule has 3 aromatic carbocycles. The van der Waals surface area contributed by atoms with E-state index in [0.717, 1.165) is 27.6 Å². The molecular formula is C28H28FNO4. The smallest absolute Gasteiger partial charge is 0.310 e. The number of hydrogen-bond donors (Lipinski definition) is 1. The quantitative estimate of drug-likeness (QED) is 0.326. The molecule has 5 nitrogen and oxygen atoms in total. The summed E-state index contributed by atoms with van der Waals surface area (Å²) in [5.74, 6) is 0.0122. The Bertz CT molecular complexity index is 1340. The Morgan fingerprint density at radius 2 is 1.88 bits per heavy atom. The van der Waals surface area contributed by atoms with E-state index in [-0.39, 0.29) is 31.4 Å². The monoisotopic (exact) mass is 461 g/mol. The molecule has 0 radical (unpaired) electrons. The number of carbonyl (C=O) groups is 1. The van der Waals surface area contributed by atoms with Crippen LogP contribution in [0.5, 0.6) is 5.75 Å². The molecule has 2 N–H and O–H groups in total. The number of ether oxygens (including phenoxy) is 2. The van der Waals surface area contributed by atoms with E-state index in [0.29, 0.717) is 34.6 Å². The molecule has 0 saturated carbocycles. The van der Waals surface area contributed by atoms with Crippen molar-refractivity contribution in [3.05, 3.63) is 88.4 Å². The van der Waals surface area contributed by atoms with Gasteiger partial charge in [0.05, 0.1) is 19.3 Å². The van der Waals surface area contributed by atoms with Crippen LogP contribution in [0, 0.1) is 19.7 Å². The zero-order valence-corrected chi connectivity index (χ0v) is 19.6. The molecule has 0 aliphatic carbocycles. The Morgan fingerprint density at radius 1 is 1.06 bits per heavy atom. The molecule has 0 atom stereocenters. The molecule has 0 saturated heterocycles. The summed E-state index contributed by atoms with van der Waals surface area (Å²) >= 11 is 0.